The van der Waals surface area contributed by atoms with Crippen molar-refractivity contribution in [3.63, 3.8) is 0 Å². The van der Waals surface area contributed by atoms with Crippen LogP contribution in [0.25, 0.3) is 0 Å². The normalized spacial score (nSPS) is 45.7. The van der Waals surface area contributed by atoms with Crippen LogP contribution in [0.3, 0.4) is 0 Å². The molecule has 4 aliphatic heterocycles. The molecule has 0 aromatic carbocycles. The van der Waals surface area contributed by atoms with Gasteiger partial charge in [-0.15, -0.1) is 0 Å². The first-order chi connectivity index (χ1) is 25.4. The molecule has 0 aromatic rings. The summed E-state index contributed by atoms with van der Waals surface area (Å²) in [5, 5.41) is 123. The van der Waals surface area contributed by atoms with E-state index < -0.39 is 167 Å². The first-order valence-electron chi connectivity index (χ1n) is 17.1. The van der Waals surface area contributed by atoms with Crippen LogP contribution in [0, 0.1) is 0 Å². The molecule has 14 N–H and O–H groups in total. The van der Waals surface area contributed by atoms with Crippen molar-refractivity contribution in [2.45, 2.75) is 143 Å². The molecule has 0 bridgehead atoms. The van der Waals surface area contributed by atoms with Crippen LogP contribution < -0.4 is 16.0 Å². The number of hydrogen-bond donors (Lipinski definition) is 14. The molecule has 0 spiro atoms. The highest BCUT2D eigenvalue weighted by Gasteiger charge is 2.55. The molecule has 24 heteroatoms. The van der Waals surface area contributed by atoms with Crippen molar-refractivity contribution in [3.05, 3.63) is 0 Å². The van der Waals surface area contributed by atoms with E-state index in [-0.39, 0.29) is 0 Å². The molecule has 4 saturated heterocycles. The number of amides is 3. The van der Waals surface area contributed by atoms with Crippen molar-refractivity contribution in [1.29, 1.82) is 0 Å². The second kappa shape index (κ2) is 19.2. The summed E-state index contributed by atoms with van der Waals surface area (Å²) in [6.07, 6.45) is -29.3. The molecular weight excluding hydrogens is 738 g/mol. The van der Waals surface area contributed by atoms with Crippen molar-refractivity contribution in [3.8, 4) is 0 Å². The molecule has 54 heavy (non-hydrogen) atoms. The first-order valence-corrected chi connectivity index (χ1v) is 17.1. The van der Waals surface area contributed by atoms with Gasteiger partial charge in [-0.2, -0.15) is 0 Å². The highest BCUT2D eigenvalue weighted by molar-refractivity contribution is 5.74. The summed E-state index contributed by atoms with van der Waals surface area (Å²) in [6, 6.07) is -4.47. The van der Waals surface area contributed by atoms with E-state index in [2.05, 4.69) is 16.0 Å². The summed E-state index contributed by atoms with van der Waals surface area (Å²) < 4.78 is 39.5. The largest absolute Gasteiger partial charge is 0.394 e. The van der Waals surface area contributed by atoms with Crippen LogP contribution in [0.2, 0.25) is 0 Å². The average molecular weight is 790 g/mol. The van der Waals surface area contributed by atoms with E-state index in [1.165, 1.54) is 0 Å². The monoisotopic (exact) mass is 789 g/mol. The highest BCUT2D eigenvalue weighted by atomic mass is 16.7. The van der Waals surface area contributed by atoms with Gasteiger partial charge in [0.25, 0.3) is 0 Å². The summed E-state index contributed by atoms with van der Waals surface area (Å²) in [5.41, 5.74) is 0. The Labute approximate surface area is 307 Å². The van der Waals surface area contributed by atoms with E-state index in [1.54, 1.807) is 0 Å². The molecule has 0 aromatic heterocycles. The molecule has 3 amide bonds. The number of aliphatic hydroxyl groups is 11. The second-order valence-corrected chi connectivity index (χ2v) is 13.4. The van der Waals surface area contributed by atoms with Crippen LogP contribution in [-0.4, -0.2) is 223 Å². The van der Waals surface area contributed by atoms with E-state index in [4.69, 9.17) is 33.2 Å². The molecule has 4 heterocycles. The molecule has 0 radical (unpaired) electrons. The van der Waals surface area contributed by atoms with Crippen LogP contribution in [0.15, 0.2) is 0 Å². The number of rotatable bonds is 13. The molecule has 24 nitrogen and oxygen atoms in total. The number of nitrogens with one attached hydrogen (secondary N) is 3. The highest BCUT2D eigenvalue weighted by Crippen LogP contribution is 2.33. The Balaban J connectivity index is 1.57. The first kappa shape index (κ1) is 44.4. The average Bonchev–Trinajstić information content (AvgIpc) is 3.11. The number of hydrogen-bond acceptors (Lipinski definition) is 21. The third-order valence-corrected chi connectivity index (χ3v) is 9.39. The number of carbonyl (C=O) groups excluding carboxylic acids is 3. The van der Waals surface area contributed by atoms with Crippen molar-refractivity contribution >= 4 is 17.7 Å². The lowest BCUT2D eigenvalue weighted by molar-refractivity contribution is -0.367. The third-order valence-electron chi connectivity index (χ3n) is 9.39. The van der Waals surface area contributed by atoms with Crippen LogP contribution in [0.5, 0.6) is 0 Å². The van der Waals surface area contributed by atoms with E-state index >= 15 is 0 Å². The van der Waals surface area contributed by atoms with E-state index in [0.29, 0.717) is 0 Å². The summed E-state index contributed by atoms with van der Waals surface area (Å²) in [7, 11) is 0. The van der Waals surface area contributed by atoms with Crippen LogP contribution in [0.4, 0.5) is 0 Å². The van der Waals surface area contributed by atoms with Crippen molar-refractivity contribution in [2.75, 3.05) is 26.4 Å². The Bertz CT molecular complexity index is 1250. The Morgan fingerprint density at radius 2 is 0.889 bits per heavy atom. The van der Waals surface area contributed by atoms with Crippen molar-refractivity contribution < 1.29 is 104 Å². The van der Waals surface area contributed by atoms with Gasteiger partial charge >= 0.3 is 0 Å². The molecule has 312 valence electrons. The van der Waals surface area contributed by atoms with Crippen molar-refractivity contribution in [1.82, 2.24) is 16.0 Å². The van der Waals surface area contributed by atoms with Gasteiger partial charge < -0.3 is 105 Å². The Kier molecular flexibility index (Phi) is 15.8. The maximum Gasteiger partial charge on any atom is 0.217 e. The maximum absolute atomic E-state index is 12.1. The Morgan fingerprint density at radius 3 is 1.39 bits per heavy atom. The predicted molar refractivity (Wildman–Crippen MR) is 169 cm³/mol. The fourth-order valence-electron chi connectivity index (χ4n) is 6.65. The van der Waals surface area contributed by atoms with Gasteiger partial charge in [-0.3, -0.25) is 14.4 Å². The zero-order valence-electron chi connectivity index (χ0n) is 29.4. The Morgan fingerprint density at radius 1 is 0.481 bits per heavy atom. The fourth-order valence-corrected chi connectivity index (χ4v) is 6.65. The minimum absolute atomic E-state index is 0.649. The summed E-state index contributed by atoms with van der Waals surface area (Å²) in [5.74, 6) is -2.09. The quantitative estimate of drug-likeness (QED) is 0.0823. The van der Waals surface area contributed by atoms with Gasteiger partial charge in [0.05, 0.1) is 26.4 Å². The van der Waals surface area contributed by atoms with Gasteiger partial charge in [0.2, 0.25) is 17.7 Å². The van der Waals surface area contributed by atoms with Crippen molar-refractivity contribution in [2.24, 2.45) is 0 Å². The Hall–Kier alpha value is -2.31. The molecule has 4 aliphatic rings. The van der Waals surface area contributed by atoms with Gasteiger partial charge in [-0.25, -0.2) is 0 Å². The van der Waals surface area contributed by atoms with Crippen LogP contribution >= 0.6 is 0 Å². The van der Waals surface area contributed by atoms with E-state index in [9.17, 15) is 70.6 Å². The lowest BCUT2D eigenvalue weighted by Gasteiger charge is -2.49. The summed E-state index contributed by atoms with van der Waals surface area (Å²) in [4.78, 5) is 35.9. The second-order valence-electron chi connectivity index (χ2n) is 13.4. The van der Waals surface area contributed by atoms with Gasteiger partial charge in [0.15, 0.2) is 25.2 Å². The molecule has 0 unspecified atom stereocenters. The van der Waals surface area contributed by atoms with Crippen LogP contribution in [-0.2, 0) is 47.5 Å². The minimum atomic E-state index is -2.06. The van der Waals surface area contributed by atoms with Crippen LogP contribution in [0.1, 0.15) is 20.8 Å². The number of aliphatic hydroxyl groups excluding tert-OH is 11. The number of carbonyl (C=O) groups is 3. The maximum atomic E-state index is 12.1. The molecular formula is C30H51N3O21. The molecule has 0 saturated carbocycles. The summed E-state index contributed by atoms with van der Waals surface area (Å²) >= 11 is 0. The summed E-state index contributed by atoms with van der Waals surface area (Å²) in [6.45, 7) is 0.0884. The third kappa shape index (κ3) is 9.97. The zero-order valence-corrected chi connectivity index (χ0v) is 29.4. The minimum Gasteiger partial charge on any atom is -0.394 e. The fraction of sp³-hybridized carbons (Fsp3) is 0.900. The van der Waals surface area contributed by atoms with Gasteiger partial charge in [-0.1, -0.05) is 0 Å². The predicted octanol–water partition coefficient (Wildman–Crippen LogP) is -9.32. The molecule has 20 atom stereocenters. The molecule has 4 rings (SSSR count). The van der Waals surface area contributed by atoms with E-state index in [1.807, 2.05) is 0 Å². The standard InChI is InChI=1S/C30H51N3O21/c1-8(37)31-15-22(44)18(40)11(4-34)50-28(15)48-7-14-21(43)25(17(27(47)49-14)33-10(3)39)53-30-24(46)26(20(42)13(6-36)52-30)54-29-16(32-9(2)38)23(45)19(41)12(5-35)51-29/h11-30,34-36,40-47H,4-7H2,1-3H3,(H,31,37)(H,32,38)(H,33,39)/t11-,12-,13-,14-,15-,16-,17-,18-,19-,20+,21+,22-,23-,24-,25-,26+,27+,28-,29+,30+/m1/s1. The zero-order chi connectivity index (χ0) is 40.2. The SMILES string of the molecule is CC(=O)N[C@@H]1[C@@H](O[C@@H]2O[C@H](CO)[C@H](O)[C@H](O[C@@H]3O[C@H](CO)[C@@H](O)[C@H](O)[C@H]3NC(C)=O)[C@H]2O)[C@@H](O)[C@@H](CO[C@@H]2O[C@H](CO)[C@@H](O)[C@H](O)[C@H]2NC(C)=O)O[C@@H]1O. The van der Waals surface area contributed by atoms with Gasteiger partial charge in [0, 0.05) is 20.8 Å². The molecule has 4 fully saturated rings. The van der Waals surface area contributed by atoms with Gasteiger partial charge in [-0.05, 0) is 0 Å². The lowest BCUT2D eigenvalue weighted by Crippen LogP contribution is -2.69. The lowest BCUT2D eigenvalue weighted by atomic mass is 9.94. The smallest absolute Gasteiger partial charge is 0.217 e. The molecule has 0 aliphatic carbocycles. The number of ether oxygens (including phenoxy) is 7. The topological polar surface area (TPSA) is 374 Å². The van der Waals surface area contributed by atoms with Gasteiger partial charge in [0.1, 0.15) is 97.5 Å². The van der Waals surface area contributed by atoms with E-state index in [0.717, 1.165) is 20.8 Å².